The van der Waals surface area contributed by atoms with Crippen LogP contribution in [0.3, 0.4) is 0 Å². The number of aryl methyl sites for hydroxylation is 1. The van der Waals surface area contributed by atoms with E-state index in [0.717, 1.165) is 5.56 Å². The van der Waals surface area contributed by atoms with E-state index in [1.54, 1.807) is 10.9 Å². The molecule has 0 spiro atoms. The van der Waals surface area contributed by atoms with E-state index in [9.17, 15) is 4.79 Å². The van der Waals surface area contributed by atoms with Crippen molar-refractivity contribution in [2.24, 2.45) is 0 Å². The average molecular weight is 201 g/mol. The lowest BCUT2D eigenvalue weighted by Crippen LogP contribution is -2.03. The summed E-state index contributed by atoms with van der Waals surface area (Å²) in [6.45, 7) is 2.67. The first-order chi connectivity index (χ1) is 7.29. The summed E-state index contributed by atoms with van der Waals surface area (Å²) in [5, 5.41) is 7.39. The summed E-state index contributed by atoms with van der Waals surface area (Å²) in [7, 11) is 0. The van der Waals surface area contributed by atoms with Gasteiger partial charge in [-0.05, 0) is 12.5 Å². The number of aromatic nitrogens is 3. The summed E-state index contributed by atoms with van der Waals surface area (Å²) in [5.74, 6) is 0.358. The maximum atomic E-state index is 10.6. The largest absolute Gasteiger partial charge is 0.307 e. The molecule has 4 nitrogen and oxygen atoms in total. The first-order valence-corrected chi connectivity index (χ1v) is 4.68. The molecule has 0 unspecified atom stereocenters. The Hall–Kier alpha value is -1.97. The second-order valence-electron chi connectivity index (χ2n) is 3.42. The van der Waals surface area contributed by atoms with Gasteiger partial charge < -0.3 is 4.57 Å². The molecule has 76 valence electrons. The zero-order valence-electron chi connectivity index (χ0n) is 8.42. The molecule has 0 saturated heterocycles. The van der Waals surface area contributed by atoms with E-state index in [-0.39, 0.29) is 0 Å². The SMILES string of the molecule is Cc1cccc(Cn2cnnc2C=O)c1. The van der Waals surface area contributed by atoms with Gasteiger partial charge in [0, 0.05) is 0 Å². The quantitative estimate of drug-likeness (QED) is 0.706. The van der Waals surface area contributed by atoms with Crippen molar-refractivity contribution in [1.82, 2.24) is 14.8 Å². The van der Waals surface area contributed by atoms with Gasteiger partial charge in [-0.25, -0.2) is 0 Å². The predicted molar refractivity (Wildman–Crippen MR) is 55.7 cm³/mol. The number of rotatable bonds is 3. The molecule has 0 amide bonds. The van der Waals surface area contributed by atoms with Crippen LogP contribution in [0.4, 0.5) is 0 Å². The molecule has 1 aromatic heterocycles. The van der Waals surface area contributed by atoms with Crippen LogP contribution >= 0.6 is 0 Å². The van der Waals surface area contributed by atoms with Crippen LogP contribution in [0.2, 0.25) is 0 Å². The van der Waals surface area contributed by atoms with Gasteiger partial charge in [-0.3, -0.25) is 4.79 Å². The second kappa shape index (κ2) is 4.04. The number of hydrogen-bond donors (Lipinski definition) is 0. The van der Waals surface area contributed by atoms with Gasteiger partial charge in [0.05, 0.1) is 6.54 Å². The van der Waals surface area contributed by atoms with Crippen LogP contribution in [0.15, 0.2) is 30.6 Å². The molecule has 0 aliphatic rings. The van der Waals surface area contributed by atoms with Crippen LogP contribution < -0.4 is 0 Å². The summed E-state index contributed by atoms with van der Waals surface area (Å²) < 4.78 is 1.72. The molecule has 2 rings (SSSR count). The van der Waals surface area contributed by atoms with Gasteiger partial charge in [0.2, 0.25) is 0 Å². The van der Waals surface area contributed by atoms with Gasteiger partial charge in [-0.1, -0.05) is 29.8 Å². The maximum Gasteiger partial charge on any atom is 0.196 e. The first-order valence-electron chi connectivity index (χ1n) is 4.68. The Labute approximate surface area is 87.6 Å². The van der Waals surface area contributed by atoms with Crippen molar-refractivity contribution in [3.8, 4) is 0 Å². The van der Waals surface area contributed by atoms with Crippen LogP contribution in [0.5, 0.6) is 0 Å². The third-order valence-corrected chi connectivity index (χ3v) is 2.19. The lowest BCUT2D eigenvalue weighted by molar-refractivity contribution is 0.111. The van der Waals surface area contributed by atoms with Gasteiger partial charge in [0.1, 0.15) is 6.33 Å². The van der Waals surface area contributed by atoms with Gasteiger partial charge >= 0.3 is 0 Å². The van der Waals surface area contributed by atoms with Crippen molar-refractivity contribution in [2.45, 2.75) is 13.5 Å². The predicted octanol–water partition coefficient (Wildman–Crippen LogP) is 1.45. The zero-order valence-corrected chi connectivity index (χ0v) is 8.42. The molecular weight excluding hydrogens is 190 g/mol. The molecule has 0 radical (unpaired) electrons. The zero-order chi connectivity index (χ0) is 10.7. The molecule has 0 aliphatic heterocycles. The van der Waals surface area contributed by atoms with E-state index in [0.29, 0.717) is 18.7 Å². The summed E-state index contributed by atoms with van der Waals surface area (Å²) in [6.07, 6.45) is 2.27. The monoisotopic (exact) mass is 201 g/mol. The summed E-state index contributed by atoms with van der Waals surface area (Å²) >= 11 is 0. The van der Waals surface area contributed by atoms with Crippen molar-refractivity contribution in [3.05, 3.63) is 47.5 Å². The molecule has 4 heteroatoms. The Morgan fingerprint density at radius 2 is 2.33 bits per heavy atom. The van der Waals surface area contributed by atoms with Crippen molar-refractivity contribution in [3.63, 3.8) is 0 Å². The molecule has 0 bridgehead atoms. The summed E-state index contributed by atoms with van der Waals surface area (Å²) in [4.78, 5) is 10.6. The van der Waals surface area contributed by atoms with E-state index < -0.39 is 0 Å². The fourth-order valence-corrected chi connectivity index (χ4v) is 1.48. The molecule has 0 atom stereocenters. The Balaban J connectivity index is 2.25. The van der Waals surface area contributed by atoms with Crippen LogP contribution in [-0.2, 0) is 6.54 Å². The number of benzene rings is 1. The van der Waals surface area contributed by atoms with Crippen molar-refractivity contribution in [1.29, 1.82) is 0 Å². The highest BCUT2D eigenvalue weighted by Crippen LogP contribution is 2.06. The molecule has 1 heterocycles. The smallest absolute Gasteiger partial charge is 0.196 e. The van der Waals surface area contributed by atoms with E-state index in [1.165, 1.54) is 5.56 Å². The van der Waals surface area contributed by atoms with Crippen LogP contribution in [0.1, 0.15) is 21.7 Å². The number of carbonyl (C=O) groups excluding carboxylic acids is 1. The summed E-state index contributed by atoms with van der Waals surface area (Å²) in [5.41, 5.74) is 2.34. The van der Waals surface area contributed by atoms with Gasteiger partial charge in [-0.15, -0.1) is 10.2 Å². The van der Waals surface area contributed by atoms with Crippen LogP contribution in [-0.4, -0.2) is 21.1 Å². The molecule has 2 aromatic rings. The summed E-state index contributed by atoms with van der Waals surface area (Å²) in [6, 6.07) is 8.13. The molecular formula is C11H11N3O. The highest BCUT2D eigenvalue weighted by atomic mass is 16.1. The Kier molecular flexibility index (Phi) is 2.58. The van der Waals surface area contributed by atoms with E-state index in [1.807, 2.05) is 25.1 Å². The standard InChI is InChI=1S/C11H11N3O/c1-9-3-2-4-10(5-9)6-14-8-12-13-11(14)7-15/h2-5,7-8H,6H2,1H3. The first kappa shape index (κ1) is 9.58. The minimum absolute atomic E-state index is 0.358. The minimum atomic E-state index is 0.358. The lowest BCUT2D eigenvalue weighted by atomic mass is 10.1. The van der Waals surface area contributed by atoms with Crippen molar-refractivity contribution < 1.29 is 4.79 Å². The Morgan fingerprint density at radius 3 is 3.07 bits per heavy atom. The number of aldehydes is 1. The topological polar surface area (TPSA) is 47.8 Å². The molecule has 1 aromatic carbocycles. The highest BCUT2D eigenvalue weighted by molar-refractivity contribution is 5.68. The average Bonchev–Trinajstić information content (AvgIpc) is 2.65. The maximum absolute atomic E-state index is 10.6. The number of hydrogen-bond acceptors (Lipinski definition) is 3. The van der Waals surface area contributed by atoms with Gasteiger partial charge in [0.15, 0.2) is 12.1 Å². The number of carbonyl (C=O) groups is 1. The fourth-order valence-electron chi connectivity index (χ4n) is 1.48. The van der Waals surface area contributed by atoms with Crippen LogP contribution in [0.25, 0.3) is 0 Å². The minimum Gasteiger partial charge on any atom is -0.307 e. The molecule has 15 heavy (non-hydrogen) atoms. The molecule has 0 saturated carbocycles. The van der Waals surface area contributed by atoms with Crippen molar-refractivity contribution in [2.75, 3.05) is 0 Å². The lowest BCUT2D eigenvalue weighted by Gasteiger charge is -2.03. The van der Waals surface area contributed by atoms with Crippen LogP contribution in [0, 0.1) is 6.92 Å². The van der Waals surface area contributed by atoms with Crippen molar-refractivity contribution >= 4 is 6.29 Å². The van der Waals surface area contributed by atoms with E-state index >= 15 is 0 Å². The highest BCUT2D eigenvalue weighted by Gasteiger charge is 2.02. The Bertz CT molecular complexity index is 476. The Morgan fingerprint density at radius 1 is 1.47 bits per heavy atom. The molecule has 0 aliphatic carbocycles. The fraction of sp³-hybridized carbons (Fsp3) is 0.182. The van der Waals surface area contributed by atoms with E-state index in [2.05, 4.69) is 16.3 Å². The van der Waals surface area contributed by atoms with E-state index in [4.69, 9.17) is 0 Å². The second-order valence-corrected chi connectivity index (χ2v) is 3.42. The number of nitrogens with zero attached hydrogens (tertiary/aromatic N) is 3. The molecule has 0 N–H and O–H groups in total. The third kappa shape index (κ3) is 2.10. The third-order valence-electron chi connectivity index (χ3n) is 2.19. The van der Waals surface area contributed by atoms with Gasteiger partial charge in [0.25, 0.3) is 0 Å². The molecule has 0 fully saturated rings. The normalized spacial score (nSPS) is 10.2. The van der Waals surface area contributed by atoms with Gasteiger partial charge in [-0.2, -0.15) is 0 Å².